The molecule has 0 aromatic carbocycles. The summed E-state index contributed by atoms with van der Waals surface area (Å²) in [6.07, 6.45) is 12.5. The number of rotatable bonds is 6. The summed E-state index contributed by atoms with van der Waals surface area (Å²) in [5.74, 6) is 2.23. The Kier molecular flexibility index (Phi) is 8.93. The van der Waals surface area contributed by atoms with Crippen LogP contribution in [0.5, 0.6) is 0 Å². The molecule has 30 heavy (non-hydrogen) atoms. The van der Waals surface area contributed by atoms with Crippen molar-refractivity contribution in [1.82, 2.24) is 0 Å². The predicted molar refractivity (Wildman–Crippen MR) is 122 cm³/mol. The van der Waals surface area contributed by atoms with Crippen molar-refractivity contribution in [2.45, 2.75) is 96.1 Å². The summed E-state index contributed by atoms with van der Waals surface area (Å²) in [6.45, 7) is 12.4. The van der Waals surface area contributed by atoms with Gasteiger partial charge < -0.3 is 18.9 Å². The molecule has 0 aromatic rings. The normalized spacial score (nSPS) is 24.3. The van der Waals surface area contributed by atoms with E-state index in [1.807, 2.05) is 45.1 Å². The fourth-order valence-electron chi connectivity index (χ4n) is 3.48. The number of allylic oxidation sites excluding steroid dienone is 3. The molecule has 6 heteroatoms. The molecule has 0 N–H and O–H groups in total. The van der Waals surface area contributed by atoms with E-state index in [0.717, 1.165) is 25.7 Å². The van der Waals surface area contributed by atoms with Crippen LogP contribution >= 0.6 is 0 Å². The molecule has 1 heterocycles. The lowest BCUT2D eigenvalue weighted by Gasteiger charge is -2.31. The topological polar surface area (TPSA) is 54.0 Å². The highest BCUT2D eigenvalue weighted by atomic mass is 28.3. The maximum absolute atomic E-state index is 11.9. The molecule has 0 amide bonds. The van der Waals surface area contributed by atoms with E-state index in [1.165, 1.54) is 6.42 Å². The second-order valence-corrected chi connectivity index (χ2v) is 14.8. The number of hydrogen-bond donors (Lipinski definition) is 0. The third-order valence-corrected chi connectivity index (χ3v) is 5.55. The minimum atomic E-state index is -1.36. The van der Waals surface area contributed by atoms with Crippen LogP contribution < -0.4 is 0 Å². The predicted octanol–water partition coefficient (Wildman–Crippen LogP) is 4.78. The molecule has 5 nitrogen and oxygen atoms in total. The average molecular weight is 435 g/mol. The highest BCUT2D eigenvalue weighted by molar-refractivity contribution is 6.83. The van der Waals surface area contributed by atoms with Gasteiger partial charge in [-0.3, -0.25) is 0 Å². The van der Waals surface area contributed by atoms with Crippen molar-refractivity contribution >= 4 is 14.0 Å². The van der Waals surface area contributed by atoms with Gasteiger partial charge >= 0.3 is 5.97 Å². The average Bonchev–Trinajstić information content (AvgIpc) is 2.93. The van der Waals surface area contributed by atoms with Crippen LogP contribution in [0.1, 0.15) is 52.9 Å². The van der Waals surface area contributed by atoms with Gasteiger partial charge in [-0.25, -0.2) is 4.79 Å². The minimum absolute atomic E-state index is 0.0905. The van der Waals surface area contributed by atoms with Crippen molar-refractivity contribution in [3.05, 3.63) is 24.3 Å². The first kappa shape index (κ1) is 24.9. The molecule has 2 atom stereocenters. The number of carbonyl (C=O) groups is 1. The maximum Gasteiger partial charge on any atom is 0.332 e. The number of carbonyl (C=O) groups excluding carboxylic acids is 1. The monoisotopic (exact) mass is 434 g/mol. The van der Waals surface area contributed by atoms with Gasteiger partial charge in [0.25, 0.3) is 0 Å². The smallest absolute Gasteiger partial charge is 0.332 e. The second-order valence-electron chi connectivity index (χ2n) is 10.1. The van der Waals surface area contributed by atoms with Crippen LogP contribution in [0.2, 0.25) is 19.6 Å². The molecule has 2 fully saturated rings. The Balaban J connectivity index is 1.94. The Morgan fingerprint density at radius 3 is 2.47 bits per heavy atom. The molecular formula is C24H38O5Si. The lowest BCUT2D eigenvalue weighted by molar-refractivity contribution is -0.195. The van der Waals surface area contributed by atoms with Gasteiger partial charge in [0.05, 0.1) is 6.61 Å². The van der Waals surface area contributed by atoms with Crippen LogP contribution in [-0.4, -0.2) is 50.9 Å². The summed E-state index contributed by atoms with van der Waals surface area (Å²) >= 11 is 0. The Morgan fingerprint density at radius 2 is 1.83 bits per heavy atom. The fourth-order valence-corrected chi connectivity index (χ4v) is 3.99. The van der Waals surface area contributed by atoms with Gasteiger partial charge in [-0.1, -0.05) is 50.2 Å². The molecule has 1 saturated heterocycles. The molecule has 2 aliphatic rings. The van der Waals surface area contributed by atoms with E-state index in [1.54, 1.807) is 0 Å². The van der Waals surface area contributed by atoms with E-state index >= 15 is 0 Å². The quantitative estimate of drug-likeness (QED) is 0.261. The molecule has 0 aromatic heterocycles. The van der Waals surface area contributed by atoms with E-state index in [4.69, 9.17) is 18.9 Å². The van der Waals surface area contributed by atoms with E-state index in [9.17, 15) is 4.79 Å². The van der Waals surface area contributed by atoms with Crippen LogP contribution in [0.15, 0.2) is 24.3 Å². The maximum atomic E-state index is 11.9. The third kappa shape index (κ3) is 9.17. The van der Waals surface area contributed by atoms with Gasteiger partial charge in [-0.05, 0) is 39.7 Å². The van der Waals surface area contributed by atoms with Gasteiger partial charge in [-0.15, -0.1) is 5.54 Å². The van der Waals surface area contributed by atoms with E-state index in [0.29, 0.717) is 0 Å². The fraction of sp³-hybridized carbons (Fsp3) is 0.708. The zero-order valence-corrected chi connectivity index (χ0v) is 20.5. The van der Waals surface area contributed by atoms with Crippen molar-refractivity contribution < 1.29 is 23.7 Å². The molecule has 168 valence electrons. The minimum Gasteiger partial charge on any atom is -0.458 e. The second kappa shape index (κ2) is 10.8. The van der Waals surface area contributed by atoms with Gasteiger partial charge in [-0.2, -0.15) is 0 Å². The summed E-state index contributed by atoms with van der Waals surface area (Å²) in [5.41, 5.74) is 2.79. The van der Waals surface area contributed by atoms with Gasteiger partial charge in [0, 0.05) is 12.8 Å². The van der Waals surface area contributed by atoms with Crippen LogP contribution in [0.4, 0.5) is 0 Å². The highest BCUT2D eigenvalue weighted by Crippen LogP contribution is 2.41. The van der Waals surface area contributed by atoms with Crippen molar-refractivity contribution in [3.63, 3.8) is 0 Å². The van der Waals surface area contributed by atoms with Crippen molar-refractivity contribution in [2.75, 3.05) is 13.2 Å². The molecule has 0 unspecified atom stereocenters. The molecular weight excluding hydrogens is 396 g/mol. The van der Waals surface area contributed by atoms with Crippen LogP contribution in [-0.2, 0) is 23.7 Å². The van der Waals surface area contributed by atoms with E-state index in [2.05, 4.69) is 31.1 Å². The first-order valence-electron chi connectivity index (χ1n) is 11.0. The van der Waals surface area contributed by atoms with Gasteiger partial charge in [0.2, 0.25) is 0 Å². The highest BCUT2D eigenvalue weighted by Gasteiger charge is 2.47. The first-order chi connectivity index (χ1) is 14.0. The lowest BCUT2D eigenvalue weighted by atomic mass is 9.94. The summed E-state index contributed by atoms with van der Waals surface area (Å²) in [6, 6.07) is 0. The summed E-state index contributed by atoms with van der Waals surface area (Å²) in [7, 11) is -1.36. The Labute approximate surface area is 183 Å². The molecule has 1 spiro atoms. The SMILES string of the molecule is CC(C)(C)OC(=O)COC[C@@H]1OC2(CCCCC2)O[C@@H]1/C=C\C=C\C#C[Si](C)(C)C. The summed E-state index contributed by atoms with van der Waals surface area (Å²) in [5, 5.41) is 0. The van der Waals surface area contributed by atoms with Crippen LogP contribution in [0.3, 0.4) is 0 Å². The number of ether oxygens (including phenoxy) is 4. The largest absolute Gasteiger partial charge is 0.458 e. The first-order valence-corrected chi connectivity index (χ1v) is 14.5. The molecule has 1 saturated carbocycles. The zero-order valence-electron chi connectivity index (χ0n) is 19.5. The zero-order chi connectivity index (χ0) is 22.3. The molecule has 1 aliphatic carbocycles. The van der Waals surface area contributed by atoms with E-state index < -0.39 is 19.5 Å². The lowest BCUT2D eigenvalue weighted by Crippen LogP contribution is -2.34. The standard InChI is InChI=1S/C24H38O5Si/c1-23(2,3)29-22(25)19-26-18-21-20(14-10-7-8-13-17-30(4,5)6)27-24(28-21)15-11-9-12-16-24/h7-8,10,14,20-21H,9,11-12,15-16,18-19H2,1-6H3/b8-7+,14-10-/t20-,21+/m1/s1. The van der Waals surface area contributed by atoms with Crippen molar-refractivity contribution in [3.8, 4) is 11.5 Å². The van der Waals surface area contributed by atoms with Crippen molar-refractivity contribution in [1.29, 1.82) is 0 Å². The summed E-state index contributed by atoms with van der Waals surface area (Å²) < 4.78 is 23.6. The molecule has 0 radical (unpaired) electrons. The van der Waals surface area contributed by atoms with Gasteiger partial charge in [0.15, 0.2) is 5.79 Å². The summed E-state index contributed by atoms with van der Waals surface area (Å²) in [4.78, 5) is 11.9. The molecule has 2 rings (SSSR count). The Hall–Kier alpha value is -1.39. The molecule has 0 bridgehead atoms. The third-order valence-electron chi connectivity index (χ3n) is 4.66. The number of hydrogen-bond acceptors (Lipinski definition) is 5. The Bertz CT molecular complexity index is 681. The van der Waals surface area contributed by atoms with E-state index in [-0.39, 0.29) is 31.4 Å². The van der Waals surface area contributed by atoms with Crippen LogP contribution in [0.25, 0.3) is 0 Å². The van der Waals surface area contributed by atoms with Crippen LogP contribution in [0, 0.1) is 11.5 Å². The molecule has 1 aliphatic heterocycles. The van der Waals surface area contributed by atoms with Crippen molar-refractivity contribution in [2.24, 2.45) is 0 Å². The number of esters is 1. The van der Waals surface area contributed by atoms with Gasteiger partial charge in [0.1, 0.15) is 32.5 Å². The Morgan fingerprint density at radius 1 is 1.13 bits per heavy atom.